The van der Waals surface area contributed by atoms with E-state index in [0.29, 0.717) is 5.52 Å². The molecule has 0 bridgehead atoms. The summed E-state index contributed by atoms with van der Waals surface area (Å²) < 4.78 is 13.4. The number of hydrogen-bond donors (Lipinski definition) is 2. The second kappa shape index (κ2) is 10.4. The minimum atomic E-state index is -0.873. The molecule has 3 aromatic rings. The first-order valence-electron chi connectivity index (χ1n) is 11.3. The summed E-state index contributed by atoms with van der Waals surface area (Å²) in [5.41, 5.74) is 4.52. The minimum Gasteiger partial charge on any atom is -0.481 e. The zero-order valence-electron chi connectivity index (χ0n) is 18.1. The average Bonchev–Trinajstić information content (AvgIpc) is 2.79. The summed E-state index contributed by atoms with van der Waals surface area (Å²) in [6.07, 6.45) is 10.7. The Morgan fingerprint density at radius 2 is 2.06 bits per heavy atom. The van der Waals surface area contributed by atoms with Crippen LogP contribution in [0.1, 0.15) is 55.3 Å². The van der Waals surface area contributed by atoms with Crippen molar-refractivity contribution in [3.63, 3.8) is 0 Å². The number of rotatable bonds is 9. The van der Waals surface area contributed by atoms with Gasteiger partial charge in [0, 0.05) is 29.9 Å². The molecule has 0 saturated heterocycles. The number of benzene rings is 1. The number of unbranched alkanes of at least 4 members (excludes halogenated alkanes) is 3. The molecule has 0 radical (unpaired) electrons. The van der Waals surface area contributed by atoms with E-state index < -0.39 is 5.97 Å². The van der Waals surface area contributed by atoms with E-state index in [1.807, 2.05) is 12.1 Å². The van der Waals surface area contributed by atoms with Crippen LogP contribution < -0.4 is 5.32 Å². The fraction of sp³-hybridized carbons (Fsp3) is 0.346. The summed E-state index contributed by atoms with van der Waals surface area (Å²) in [4.78, 5) is 20.4. The Morgan fingerprint density at radius 1 is 1.16 bits per heavy atom. The number of carboxylic acid groups (broad SMARTS) is 1. The van der Waals surface area contributed by atoms with E-state index in [9.17, 15) is 14.3 Å². The Morgan fingerprint density at radius 3 is 2.94 bits per heavy atom. The molecule has 0 aliphatic carbocycles. The van der Waals surface area contributed by atoms with Crippen LogP contribution in [0, 0.1) is 5.82 Å². The lowest BCUT2D eigenvalue weighted by atomic mass is 10.00. The third kappa shape index (κ3) is 5.69. The van der Waals surface area contributed by atoms with E-state index in [4.69, 9.17) is 4.98 Å². The van der Waals surface area contributed by atoms with Crippen LogP contribution in [0.5, 0.6) is 0 Å². The zero-order valence-corrected chi connectivity index (χ0v) is 18.1. The summed E-state index contributed by atoms with van der Waals surface area (Å²) in [6.45, 7) is 0.998. The Bertz CT molecular complexity index is 1140. The van der Waals surface area contributed by atoms with E-state index >= 15 is 0 Å². The number of aromatic nitrogens is 2. The first kappa shape index (κ1) is 21.9. The highest BCUT2D eigenvalue weighted by Gasteiger charge is 2.11. The Hall–Kier alpha value is -3.28. The van der Waals surface area contributed by atoms with E-state index in [1.54, 1.807) is 12.3 Å². The van der Waals surface area contributed by atoms with Crippen molar-refractivity contribution in [2.75, 3.05) is 11.9 Å². The highest BCUT2D eigenvalue weighted by molar-refractivity contribution is 5.87. The lowest BCUT2D eigenvalue weighted by molar-refractivity contribution is -0.135. The van der Waals surface area contributed by atoms with Gasteiger partial charge in [-0.1, -0.05) is 18.6 Å². The summed E-state index contributed by atoms with van der Waals surface area (Å²) >= 11 is 0. The number of aliphatic carboxylic acids is 1. The number of allylic oxidation sites excluding steroid dienone is 1. The third-order valence-electron chi connectivity index (χ3n) is 5.84. The number of anilines is 1. The van der Waals surface area contributed by atoms with Crippen LogP contribution in [0.3, 0.4) is 0 Å². The van der Waals surface area contributed by atoms with Crippen molar-refractivity contribution in [2.24, 2.45) is 0 Å². The highest BCUT2D eigenvalue weighted by atomic mass is 19.1. The van der Waals surface area contributed by atoms with Crippen LogP contribution in [-0.2, 0) is 17.6 Å². The highest BCUT2D eigenvalue weighted by Crippen LogP contribution is 2.24. The van der Waals surface area contributed by atoms with Crippen LogP contribution in [0.4, 0.5) is 10.2 Å². The van der Waals surface area contributed by atoms with Gasteiger partial charge in [0.15, 0.2) is 0 Å². The van der Waals surface area contributed by atoms with Crippen molar-refractivity contribution < 1.29 is 14.3 Å². The van der Waals surface area contributed by atoms with Crippen molar-refractivity contribution in [1.82, 2.24) is 9.97 Å². The monoisotopic (exact) mass is 433 g/mol. The second-order valence-electron chi connectivity index (χ2n) is 8.30. The van der Waals surface area contributed by atoms with E-state index in [2.05, 4.69) is 22.4 Å². The molecule has 0 unspecified atom stereocenters. The summed E-state index contributed by atoms with van der Waals surface area (Å²) in [5, 5.41) is 13.5. The molecule has 0 spiro atoms. The van der Waals surface area contributed by atoms with Crippen LogP contribution in [-0.4, -0.2) is 27.6 Å². The molecule has 4 rings (SSSR count). The molecule has 0 fully saturated rings. The summed E-state index contributed by atoms with van der Waals surface area (Å²) in [5.74, 6) is -0.162. The van der Waals surface area contributed by atoms with Gasteiger partial charge in [0.25, 0.3) is 0 Å². The van der Waals surface area contributed by atoms with Gasteiger partial charge in [-0.15, -0.1) is 0 Å². The Kier molecular flexibility index (Phi) is 7.10. The number of carbonyl (C=O) groups is 1. The molecular weight excluding hydrogens is 405 g/mol. The fourth-order valence-corrected chi connectivity index (χ4v) is 4.14. The molecule has 5 nitrogen and oxygen atoms in total. The Balaban J connectivity index is 1.32. The van der Waals surface area contributed by atoms with Crippen molar-refractivity contribution in [2.45, 2.75) is 51.4 Å². The van der Waals surface area contributed by atoms with Crippen LogP contribution >= 0.6 is 0 Å². The van der Waals surface area contributed by atoms with Gasteiger partial charge in [0.05, 0.1) is 11.9 Å². The molecule has 2 aromatic heterocycles. The lowest BCUT2D eigenvalue weighted by Crippen LogP contribution is -2.13. The fourth-order valence-electron chi connectivity index (χ4n) is 4.14. The zero-order chi connectivity index (χ0) is 22.3. The van der Waals surface area contributed by atoms with Crippen molar-refractivity contribution in [3.8, 4) is 0 Å². The SMILES string of the molecule is O=C(O)C/C(=C\CCCCCc1ccc2c(n1)NCCC2)c1cnc2cc(F)ccc2c1. The average molecular weight is 434 g/mol. The van der Waals surface area contributed by atoms with Gasteiger partial charge in [-0.05, 0) is 79.5 Å². The van der Waals surface area contributed by atoms with Crippen LogP contribution in [0.2, 0.25) is 0 Å². The smallest absolute Gasteiger partial charge is 0.307 e. The van der Waals surface area contributed by atoms with Crippen molar-refractivity contribution in [1.29, 1.82) is 0 Å². The number of pyridine rings is 2. The molecule has 0 amide bonds. The van der Waals surface area contributed by atoms with Gasteiger partial charge < -0.3 is 10.4 Å². The lowest BCUT2D eigenvalue weighted by Gasteiger charge is -2.17. The van der Waals surface area contributed by atoms with Crippen molar-refractivity contribution >= 4 is 28.3 Å². The standard InChI is InChI=1S/C26H28FN3O2/c27-22-11-9-20-14-21(17-29-24(20)16-22)19(15-25(31)32)6-3-1-2-4-8-23-12-10-18-7-5-13-28-26(18)30-23/h6,9-12,14,16-17H,1-5,7-8,13,15H2,(H,28,30)(H,31,32)/b19-6+. The summed E-state index contributed by atoms with van der Waals surface area (Å²) in [7, 11) is 0. The normalized spacial score (nSPS) is 13.6. The molecule has 32 heavy (non-hydrogen) atoms. The maximum absolute atomic E-state index is 13.4. The quantitative estimate of drug-likeness (QED) is 0.418. The molecule has 1 aromatic carbocycles. The molecule has 3 heterocycles. The molecule has 166 valence electrons. The molecule has 1 aliphatic rings. The number of aryl methyl sites for hydroxylation is 2. The van der Waals surface area contributed by atoms with Crippen LogP contribution in [0.25, 0.3) is 16.5 Å². The third-order valence-corrected chi connectivity index (χ3v) is 5.84. The first-order valence-corrected chi connectivity index (χ1v) is 11.3. The number of hydrogen-bond acceptors (Lipinski definition) is 4. The van der Waals surface area contributed by atoms with Gasteiger partial charge >= 0.3 is 5.97 Å². The molecule has 0 atom stereocenters. The van der Waals surface area contributed by atoms with Crippen molar-refractivity contribution in [3.05, 3.63) is 71.3 Å². The molecule has 2 N–H and O–H groups in total. The van der Waals surface area contributed by atoms with Gasteiger partial charge in [-0.3, -0.25) is 9.78 Å². The number of fused-ring (bicyclic) bond motifs is 2. The topological polar surface area (TPSA) is 75.1 Å². The van der Waals surface area contributed by atoms with Crippen LogP contribution in [0.15, 0.2) is 48.7 Å². The van der Waals surface area contributed by atoms with E-state index in [1.165, 1.54) is 24.1 Å². The number of halogens is 1. The largest absolute Gasteiger partial charge is 0.481 e. The predicted octanol–water partition coefficient (Wildman–Crippen LogP) is 5.79. The van der Waals surface area contributed by atoms with Gasteiger partial charge in [0.2, 0.25) is 0 Å². The first-order chi connectivity index (χ1) is 15.6. The molecule has 1 aliphatic heterocycles. The minimum absolute atomic E-state index is 0.0551. The molecule has 6 heteroatoms. The summed E-state index contributed by atoms with van der Waals surface area (Å²) in [6, 6.07) is 10.7. The Labute approximate surface area is 187 Å². The van der Waals surface area contributed by atoms with E-state index in [0.717, 1.165) is 73.1 Å². The maximum atomic E-state index is 13.4. The van der Waals surface area contributed by atoms with Gasteiger partial charge in [-0.25, -0.2) is 9.37 Å². The van der Waals surface area contributed by atoms with E-state index in [-0.39, 0.29) is 12.2 Å². The maximum Gasteiger partial charge on any atom is 0.307 e. The second-order valence-corrected chi connectivity index (χ2v) is 8.30. The predicted molar refractivity (Wildman–Crippen MR) is 125 cm³/mol. The number of carboxylic acids is 1. The molecular formula is C26H28FN3O2. The van der Waals surface area contributed by atoms with Gasteiger partial charge in [-0.2, -0.15) is 0 Å². The number of nitrogens with one attached hydrogen (secondary N) is 1. The number of nitrogens with zero attached hydrogens (tertiary/aromatic N) is 2. The molecule has 0 saturated carbocycles. The van der Waals surface area contributed by atoms with Gasteiger partial charge in [0.1, 0.15) is 11.6 Å².